The first-order valence-corrected chi connectivity index (χ1v) is 8.61. The second-order valence-corrected chi connectivity index (χ2v) is 7.55. The van der Waals surface area contributed by atoms with E-state index in [-0.39, 0.29) is 20.7 Å². The average molecular weight is 331 g/mol. The lowest BCUT2D eigenvalue weighted by Crippen LogP contribution is -2.10. The van der Waals surface area contributed by atoms with Crippen molar-refractivity contribution >= 4 is 26.1 Å². The van der Waals surface area contributed by atoms with Gasteiger partial charge >= 0.3 is 0 Å². The zero-order valence-corrected chi connectivity index (χ0v) is 12.8. The van der Waals surface area contributed by atoms with Crippen molar-refractivity contribution in [2.45, 2.75) is 10.1 Å². The molecule has 0 aliphatic carbocycles. The van der Waals surface area contributed by atoms with Crippen molar-refractivity contribution in [2.75, 3.05) is 0 Å². The highest BCUT2D eigenvalue weighted by Gasteiger charge is 2.22. The van der Waals surface area contributed by atoms with Crippen molar-refractivity contribution in [2.24, 2.45) is 0 Å². The molecule has 8 heteroatoms. The number of fused-ring (bicyclic) bond motifs is 1. The maximum atomic E-state index is 12.4. The molecule has 2 heterocycles. The van der Waals surface area contributed by atoms with Crippen molar-refractivity contribution in [3.63, 3.8) is 0 Å². The normalized spacial score (nSPS) is 11.4. The molecule has 0 amide bonds. The molecule has 3 rings (SSSR count). The minimum Gasteiger partial charge on any atom is -0.267 e. The van der Waals surface area contributed by atoms with Crippen LogP contribution in [0, 0.1) is 12.3 Å². The molecule has 2 aromatic heterocycles. The Hall–Kier alpha value is -2.50. The standard InChI is InChI=1S/C14H9N3O3S2/c1-2-11-8-12(18)15-13-17(11)16-14(21-13)22(19,20)9-10-6-4-3-5-7-10/h1,3-8H,9H2. The molecule has 0 radical (unpaired) electrons. The van der Waals surface area contributed by atoms with Crippen LogP contribution in [0.15, 0.2) is 45.5 Å². The lowest BCUT2D eigenvalue weighted by Gasteiger charge is -1.99. The minimum absolute atomic E-state index is 0.119. The van der Waals surface area contributed by atoms with Crippen LogP contribution < -0.4 is 5.56 Å². The zero-order valence-electron chi connectivity index (χ0n) is 11.1. The van der Waals surface area contributed by atoms with Gasteiger partial charge in [0.05, 0.1) is 5.75 Å². The van der Waals surface area contributed by atoms with Crippen LogP contribution >= 0.6 is 11.3 Å². The van der Waals surface area contributed by atoms with Gasteiger partial charge in [-0.2, -0.15) is 9.50 Å². The van der Waals surface area contributed by atoms with Crippen LogP contribution in [0.5, 0.6) is 0 Å². The summed E-state index contributed by atoms with van der Waals surface area (Å²) in [5.41, 5.74) is 0.303. The quantitative estimate of drug-likeness (QED) is 0.672. The highest BCUT2D eigenvalue weighted by atomic mass is 32.2. The Bertz CT molecular complexity index is 1040. The van der Waals surface area contributed by atoms with Crippen molar-refractivity contribution in [3.8, 4) is 12.3 Å². The predicted octanol–water partition coefficient (Wildman–Crippen LogP) is 1.11. The molecule has 0 saturated carbocycles. The molecule has 0 spiro atoms. The Labute approximate surface area is 130 Å². The molecule has 0 aliphatic heterocycles. The van der Waals surface area contributed by atoms with Gasteiger partial charge in [0, 0.05) is 6.07 Å². The van der Waals surface area contributed by atoms with Gasteiger partial charge in [0.15, 0.2) is 0 Å². The molecule has 6 nitrogen and oxygen atoms in total. The maximum absolute atomic E-state index is 12.4. The van der Waals surface area contributed by atoms with Gasteiger partial charge in [-0.1, -0.05) is 41.7 Å². The molecule has 0 aliphatic rings. The molecule has 0 bridgehead atoms. The highest BCUT2D eigenvalue weighted by Crippen LogP contribution is 2.22. The molecular formula is C14H9N3O3S2. The van der Waals surface area contributed by atoms with E-state index in [4.69, 9.17) is 6.42 Å². The fraction of sp³-hybridized carbons (Fsp3) is 0.0714. The van der Waals surface area contributed by atoms with E-state index in [1.807, 2.05) is 6.07 Å². The van der Waals surface area contributed by atoms with Crippen LogP contribution in [0.25, 0.3) is 4.96 Å². The lowest BCUT2D eigenvalue weighted by atomic mass is 10.2. The second kappa shape index (κ2) is 5.36. The van der Waals surface area contributed by atoms with Gasteiger partial charge in [0.1, 0.15) is 5.69 Å². The van der Waals surface area contributed by atoms with Crippen molar-refractivity contribution in [1.29, 1.82) is 0 Å². The fourth-order valence-corrected chi connectivity index (χ4v) is 4.39. The van der Waals surface area contributed by atoms with Gasteiger partial charge in [-0.05, 0) is 11.5 Å². The summed E-state index contributed by atoms with van der Waals surface area (Å²) >= 11 is 0.824. The average Bonchev–Trinajstić information content (AvgIpc) is 2.91. The Morgan fingerprint density at radius 1 is 1.27 bits per heavy atom. The van der Waals surface area contributed by atoms with E-state index in [2.05, 4.69) is 16.0 Å². The minimum atomic E-state index is -3.64. The number of terminal acetylenes is 1. The number of hydrogen-bond acceptors (Lipinski definition) is 6. The number of benzene rings is 1. The molecule has 1 aromatic carbocycles. The molecule has 3 aromatic rings. The smallest absolute Gasteiger partial charge is 0.267 e. The predicted molar refractivity (Wildman–Crippen MR) is 82.4 cm³/mol. The van der Waals surface area contributed by atoms with Crippen molar-refractivity contribution < 1.29 is 8.42 Å². The van der Waals surface area contributed by atoms with Crippen LogP contribution in [0.3, 0.4) is 0 Å². The summed E-state index contributed by atoms with van der Waals surface area (Å²) in [6, 6.07) is 9.92. The summed E-state index contributed by atoms with van der Waals surface area (Å²) in [6.07, 6.45) is 5.30. The summed E-state index contributed by atoms with van der Waals surface area (Å²) in [4.78, 5) is 15.3. The van der Waals surface area contributed by atoms with Crippen LogP contribution in [0.1, 0.15) is 11.3 Å². The number of aromatic nitrogens is 3. The van der Waals surface area contributed by atoms with Crippen LogP contribution in [-0.2, 0) is 15.6 Å². The molecule has 0 saturated heterocycles. The van der Waals surface area contributed by atoms with Crippen molar-refractivity contribution in [3.05, 3.63) is 58.0 Å². The maximum Gasteiger partial charge on any atom is 0.275 e. The van der Waals surface area contributed by atoms with Gasteiger partial charge in [-0.15, -0.1) is 11.5 Å². The van der Waals surface area contributed by atoms with E-state index in [1.165, 1.54) is 4.52 Å². The Morgan fingerprint density at radius 2 is 2.00 bits per heavy atom. The molecule has 22 heavy (non-hydrogen) atoms. The zero-order chi connectivity index (χ0) is 15.7. The molecule has 0 atom stereocenters. The summed E-state index contributed by atoms with van der Waals surface area (Å²) < 4.78 is 25.9. The van der Waals surface area contributed by atoms with Gasteiger partial charge < -0.3 is 0 Å². The number of rotatable bonds is 3. The van der Waals surface area contributed by atoms with E-state index in [0.717, 1.165) is 17.4 Å². The van der Waals surface area contributed by atoms with Gasteiger partial charge in [0.25, 0.3) is 5.56 Å². The number of sulfone groups is 1. The second-order valence-electron chi connectivity index (χ2n) is 4.43. The van der Waals surface area contributed by atoms with Crippen LogP contribution in [0.4, 0.5) is 0 Å². The van der Waals surface area contributed by atoms with E-state index < -0.39 is 15.4 Å². The Kier molecular flexibility index (Phi) is 3.52. The van der Waals surface area contributed by atoms with Crippen LogP contribution in [-0.4, -0.2) is 23.0 Å². The summed E-state index contributed by atoms with van der Waals surface area (Å²) in [7, 11) is -3.64. The van der Waals surface area contributed by atoms with Gasteiger partial charge in [0.2, 0.25) is 19.1 Å². The lowest BCUT2D eigenvalue weighted by molar-refractivity contribution is 0.592. The molecule has 0 unspecified atom stereocenters. The third-order valence-electron chi connectivity index (χ3n) is 2.85. The summed E-state index contributed by atoms with van der Waals surface area (Å²) in [5.74, 6) is 2.12. The first-order chi connectivity index (χ1) is 10.5. The summed E-state index contributed by atoms with van der Waals surface area (Å²) in [5, 5.41) is 4.00. The first kappa shape index (κ1) is 14.4. The largest absolute Gasteiger partial charge is 0.275 e. The van der Waals surface area contributed by atoms with E-state index in [0.29, 0.717) is 5.56 Å². The molecular weight excluding hydrogens is 322 g/mol. The molecule has 0 fully saturated rings. The van der Waals surface area contributed by atoms with Gasteiger partial charge in [-0.3, -0.25) is 4.79 Å². The van der Waals surface area contributed by atoms with E-state index >= 15 is 0 Å². The fourth-order valence-electron chi connectivity index (χ4n) is 1.88. The Balaban J connectivity index is 2.10. The van der Waals surface area contributed by atoms with Gasteiger partial charge in [-0.25, -0.2) is 8.42 Å². The van der Waals surface area contributed by atoms with E-state index in [1.54, 1.807) is 24.3 Å². The number of hydrogen-bond donors (Lipinski definition) is 0. The van der Waals surface area contributed by atoms with Crippen LogP contribution in [0.2, 0.25) is 0 Å². The summed E-state index contributed by atoms with van der Waals surface area (Å²) in [6.45, 7) is 0. The van der Waals surface area contributed by atoms with Crippen molar-refractivity contribution in [1.82, 2.24) is 14.6 Å². The monoisotopic (exact) mass is 331 g/mol. The molecule has 0 N–H and O–H groups in total. The third-order valence-corrected chi connectivity index (χ3v) is 5.89. The first-order valence-electron chi connectivity index (χ1n) is 6.14. The highest BCUT2D eigenvalue weighted by molar-refractivity contribution is 7.92. The topological polar surface area (TPSA) is 81.4 Å². The Morgan fingerprint density at radius 3 is 2.68 bits per heavy atom. The number of nitrogens with zero attached hydrogens (tertiary/aromatic N) is 3. The third kappa shape index (κ3) is 2.64. The SMILES string of the molecule is C#Cc1cc(=O)nc2sc(S(=O)(=O)Cc3ccccc3)nn12. The molecule has 110 valence electrons. The van der Waals surface area contributed by atoms with E-state index in [9.17, 15) is 13.2 Å².